The van der Waals surface area contributed by atoms with Crippen molar-refractivity contribution in [3.05, 3.63) is 47.8 Å². The minimum absolute atomic E-state index is 0.138. The molecule has 7 nitrogen and oxygen atoms in total. The molecular formula is C19H20N4O3. The zero-order valence-corrected chi connectivity index (χ0v) is 14.7. The van der Waals surface area contributed by atoms with Crippen LogP contribution in [0.25, 0.3) is 11.0 Å². The van der Waals surface area contributed by atoms with E-state index in [-0.39, 0.29) is 11.8 Å². The number of carbonyl (C=O) groups excluding carboxylic acids is 1. The molecule has 0 fully saturated rings. The van der Waals surface area contributed by atoms with Gasteiger partial charge in [0.15, 0.2) is 0 Å². The molecule has 1 aliphatic heterocycles. The summed E-state index contributed by atoms with van der Waals surface area (Å²) in [5, 5.41) is 7.13. The Bertz CT molecular complexity index is 967. The maximum Gasteiger partial charge on any atom is 0.252 e. The zero-order chi connectivity index (χ0) is 18.1. The van der Waals surface area contributed by atoms with Crippen LogP contribution in [-0.2, 0) is 13.5 Å². The van der Waals surface area contributed by atoms with E-state index < -0.39 is 0 Å². The van der Waals surface area contributed by atoms with Crippen molar-refractivity contribution in [1.29, 1.82) is 0 Å². The van der Waals surface area contributed by atoms with Crippen LogP contribution >= 0.6 is 0 Å². The second-order valence-corrected chi connectivity index (χ2v) is 6.46. The lowest BCUT2D eigenvalue weighted by Gasteiger charge is -2.25. The van der Waals surface area contributed by atoms with Crippen LogP contribution in [0.15, 0.2) is 36.7 Å². The molecule has 1 atom stereocenters. The van der Waals surface area contributed by atoms with Gasteiger partial charge in [-0.25, -0.2) is 0 Å². The quantitative estimate of drug-likeness (QED) is 0.777. The fourth-order valence-electron chi connectivity index (χ4n) is 3.16. The van der Waals surface area contributed by atoms with Crippen molar-refractivity contribution in [2.24, 2.45) is 13.0 Å². The Labute approximate surface area is 150 Å². The van der Waals surface area contributed by atoms with Crippen LogP contribution in [0.3, 0.4) is 0 Å². The number of nitrogens with one attached hydrogen (secondary N) is 1. The van der Waals surface area contributed by atoms with Crippen LogP contribution < -0.4 is 14.8 Å². The molecule has 1 aliphatic rings. The third-order valence-electron chi connectivity index (χ3n) is 4.67. The summed E-state index contributed by atoms with van der Waals surface area (Å²) in [6, 6.07) is 7.66. The van der Waals surface area contributed by atoms with Crippen LogP contribution in [0.5, 0.6) is 11.5 Å². The Kier molecular flexibility index (Phi) is 4.20. The molecule has 1 N–H and O–H groups in total. The van der Waals surface area contributed by atoms with Gasteiger partial charge >= 0.3 is 0 Å². The molecule has 3 heterocycles. The summed E-state index contributed by atoms with van der Waals surface area (Å²) < 4.78 is 12.8. The third kappa shape index (κ3) is 3.08. The van der Waals surface area contributed by atoms with Crippen LogP contribution in [0, 0.1) is 5.92 Å². The average molecular weight is 352 g/mol. The SMILES string of the molecule is COc1ccc2c(c1)OCC(CNC(=O)c1cnc3cnn(C)c3c1)C2. The van der Waals surface area contributed by atoms with E-state index in [1.165, 1.54) is 0 Å². The van der Waals surface area contributed by atoms with Crippen molar-refractivity contribution in [2.75, 3.05) is 20.3 Å². The van der Waals surface area contributed by atoms with Gasteiger partial charge in [0.25, 0.3) is 5.91 Å². The lowest BCUT2D eigenvalue weighted by molar-refractivity contribution is 0.0939. The van der Waals surface area contributed by atoms with Gasteiger partial charge in [0.2, 0.25) is 0 Å². The second kappa shape index (κ2) is 6.67. The number of ether oxygens (including phenoxy) is 2. The minimum Gasteiger partial charge on any atom is -0.497 e. The summed E-state index contributed by atoms with van der Waals surface area (Å²) in [5.41, 5.74) is 3.27. The molecule has 26 heavy (non-hydrogen) atoms. The van der Waals surface area contributed by atoms with Crippen molar-refractivity contribution in [1.82, 2.24) is 20.1 Å². The number of aromatic nitrogens is 3. The lowest BCUT2D eigenvalue weighted by atomic mass is 9.96. The highest BCUT2D eigenvalue weighted by Crippen LogP contribution is 2.30. The van der Waals surface area contributed by atoms with Crippen LogP contribution in [0.4, 0.5) is 0 Å². The Hall–Kier alpha value is -3.09. The fraction of sp³-hybridized carbons (Fsp3) is 0.316. The van der Waals surface area contributed by atoms with E-state index in [4.69, 9.17) is 9.47 Å². The predicted octanol–water partition coefficient (Wildman–Crippen LogP) is 1.96. The smallest absolute Gasteiger partial charge is 0.252 e. The topological polar surface area (TPSA) is 78.3 Å². The van der Waals surface area contributed by atoms with Gasteiger partial charge in [0, 0.05) is 31.8 Å². The average Bonchev–Trinajstić information content (AvgIpc) is 3.05. The Morgan fingerprint density at radius 3 is 3.12 bits per heavy atom. The largest absolute Gasteiger partial charge is 0.497 e. The minimum atomic E-state index is -0.138. The van der Waals surface area contributed by atoms with E-state index in [2.05, 4.69) is 15.4 Å². The van der Waals surface area contributed by atoms with E-state index >= 15 is 0 Å². The van der Waals surface area contributed by atoms with Crippen molar-refractivity contribution in [3.63, 3.8) is 0 Å². The molecule has 2 aromatic heterocycles. The second-order valence-electron chi connectivity index (χ2n) is 6.46. The Morgan fingerprint density at radius 1 is 1.38 bits per heavy atom. The molecule has 0 bridgehead atoms. The third-order valence-corrected chi connectivity index (χ3v) is 4.67. The monoisotopic (exact) mass is 352 g/mol. The molecule has 3 aromatic rings. The van der Waals surface area contributed by atoms with Crippen molar-refractivity contribution >= 4 is 16.9 Å². The van der Waals surface area contributed by atoms with Gasteiger partial charge in [0.1, 0.15) is 17.0 Å². The molecule has 0 saturated carbocycles. The number of amides is 1. The fourth-order valence-corrected chi connectivity index (χ4v) is 3.16. The first-order valence-electron chi connectivity index (χ1n) is 8.49. The molecule has 4 rings (SSSR count). The molecule has 1 amide bonds. The van der Waals surface area contributed by atoms with Crippen LogP contribution in [0.1, 0.15) is 15.9 Å². The molecule has 0 saturated heterocycles. The molecule has 0 spiro atoms. The lowest BCUT2D eigenvalue weighted by Crippen LogP contribution is -2.34. The first kappa shape index (κ1) is 16.4. The highest BCUT2D eigenvalue weighted by atomic mass is 16.5. The summed E-state index contributed by atoms with van der Waals surface area (Å²) in [7, 11) is 3.47. The Balaban J connectivity index is 1.40. The summed E-state index contributed by atoms with van der Waals surface area (Å²) in [6.45, 7) is 1.12. The standard InChI is InChI=1S/C19H20N4O3/c1-23-17-6-14(9-20-16(17)10-22-23)19(24)21-8-12-5-13-3-4-15(25-2)7-18(13)26-11-12/h3-4,6-7,9-10,12H,5,8,11H2,1-2H3,(H,21,24). The summed E-state index contributed by atoms with van der Waals surface area (Å²) in [4.78, 5) is 16.7. The van der Waals surface area contributed by atoms with E-state index in [1.54, 1.807) is 24.2 Å². The van der Waals surface area contributed by atoms with E-state index in [0.29, 0.717) is 18.7 Å². The van der Waals surface area contributed by atoms with Gasteiger partial charge in [-0.3, -0.25) is 14.5 Å². The number of pyridine rings is 1. The summed E-state index contributed by atoms with van der Waals surface area (Å²) in [6.07, 6.45) is 4.12. The number of methoxy groups -OCH3 is 1. The summed E-state index contributed by atoms with van der Waals surface area (Å²) >= 11 is 0. The highest BCUT2D eigenvalue weighted by Gasteiger charge is 2.21. The van der Waals surface area contributed by atoms with Gasteiger partial charge in [-0.05, 0) is 24.1 Å². The van der Waals surface area contributed by atoms with Crippen LogP contribution in [-0.4, -0.2) is 40.9 Å². The highest BCUT2D eigenvalue weighted by molar-refractivity contribution is 5.96. The van der Waals surface area contributed by atoms with Gasteiger partial charge < -0.3 is 14.8 Å². The molecule has 1 unspecified atom stereocenters. The van der Waals surface area contributed by atoms with Gasteiger partial charge in [-0.15, -0.1) is 0 Å². The maximum atomic E-state index is 12.5. The molecule has 1 aromatic carbocycles. The first-order chi connectivity index (χ1) is 12.6. The first-order valence-corrected chi connectivity index (χ1v) is 8.49. The number of fused-ring (bicyclic) bond motifs is 2. The van der Waals surface area contributed by atoms with Crippen molar-refractivity contribution < 1.29 is 14.3 Å². The van der Waals surface area contributed by atoms with Gasteiger partial charge in [-0.2, -0.15) is 5.10 Å². The Morgan fingerprint density at radius 2 is 2.27 bits per heavy atom. The number of nitrogens with zero attached hydrogens (tertiary/aromatic N) is 3. The predicted molar refractivity (Wildman–Crippen MR) is 96.5 cm³/mol. The van der Waals surface area contributed by atoms with Crippen molar-refractivity contribution in [2.45, 2.75) is 6.42 Å². The van der Waals surface area contributed by atoms with Gasteiger partial charge in [0.05, 0.1) is 31.0 Å². The van der Waals surface area contributed by atoms with Gasteiger partial charge in [-0.1, -0.05) is 6.07 Å². The van der Waals surface area contributed by atoms with Crippen LogP contribution in [0.2, 0.25) is 0 Å². The van der Waals surface area contributed by atoms with Crippen molar-refractivity contribution in [3.8, 4) is 11.5 Å². The number of rotatable bonds is 4. The maximum absolute atomic E-state index is 12.5. The molecule has 0 aliphatic carbocycles. The van der Waals surface area contributed by atoms with E-state index in [9.17, 15) is 4.79 Å². The number of carbonyl (C=O) groups is 1. The molecule has 134 valence electrons. The summed E-state index contributed by atoms with van der Waals surface area (Å²) in [5.74, 6) is 1.74. The molecular weight excluding hydrogens is 332 g/mol. The zero-order valence-electron chi connectivity index (χ0n) is 14.7. The number of hydrogen-bond acceptors (Lipinski definition) is 5. The molecule has 0 radical (unpaired) electrons. The number of hydrogen-bond donors (Lipinski definition) is 1. The number of aryl methyl sites for hydroxylation is 1. The number of benzene rings is 1. The van der Waals surface area contributed by atoms with E-state index in [1.807, 2.05) is 31.3 Å². The van der Waals surface area contributed by atoms with E-state index in [0.717, 1.165) is 34.5 Å². The normalized spacial score (nSPS) is 16.0. The molecule has 7 heteroatoms.